The molecule has 0 fully saturated rings. The molecule has 6 heteroatoms. The van der Waals surface area contributed by atoms with Crippen LogP contribution in [0.3, 0.4) is 0 Å². The van der Waals surface area contributed by atoms with Gasteiger partial charge in [0.25, 0.3) is 0 Å². The van der Waals surface area contributed by atoms with E-state index in [1.807, 2.05) is 30.5 Å². The molecule has 0 saturated heterocycles. The Morgan fingerprint density at radius 1 is 0.966 bits per heavy atom. The van der Waals surface area contributed by atoms with Gasteiger partial charge in [0.15, 0.2) is 5.96 Å². The van der Waals surface area contributed by atoms with Crippen molar-refractivity contribution in [1.82, 2.24) is 15.6 Å². The van der Waals surface area contributed by atoms with Crippen molar-refractivity contribution in [3.8, 4) is 5.75 Å². The van der Waals surface area contributed by atoms with E-state index in [1.54, 1.807) is 7.11 Å². The third kappa shape index (κ3) is 6.59. The van der Waals surface area contributed by atoms with Crippen LogP contribution in [0.1, 0.15) is 18.1 Å². The van der Waals surface area contributed by atoms with Gasteiger partial charge in [-0.05, 0) is 43.0 Å². The number of nitrogens with one attached hydrogen (secondary N) is 2. The molecule has 0 unspecified atom stereocenters. The zero-order chi connectivity index (χ0) is 19.6. The highest BCUT2D eigenvalue weighted by Gasteiger charge is 2.04. The highest BCUT2D eigenvalue weighted by molar-refractivity contribution is 14.0. The minimum absolute atomic E-state index is 0. The Labute approximate surface area is 190 Å². The summed E-state index contributed by atoms with van der Waals surface area (Å²) in [5, 5.41) is 7.90. The number of rotatable bonds is 8. The van der Waals surface area contributed by atoms with E-state index < -0.39 is 0 Å². The van der Waals surface area contributed by atoms with Crippen molar-refractivity contribution >= 4 is 40.8 Å². The number of benzene rings is 2. The molecule has 0 radical (unpaired) electrons. The second-order valence-electron chi connectivity index (χ2n) is 6.49. The lowest BCUT2D eigenvalue weighted by Gasteiger charge is -2.13. The van der Waals surface area contributed by atoms with Gasteiger partial charge in [-0.25, -0.2) is 0 Å². The van der Waals surface area contributed by atoms with Gasteiger partial charge in [-0.2, -0.15) is 0 Å². The fraction of sp³-hybridized carbons (Fsp3) is 0.304. The van der Waals surface area contributed by atoms with E-state index >= 15 is 0 Å². The second kappa shape index (κ2) is 12.3. The van der Waals surface area contributed by atoms with Crippen LogP contribution in [0.5, 0.6) is 5.75 Å². The number of methoxy groups -OCH3 is 1. The third-order valence-electron chi connectivity index (χ3n) is 4.59. The SMILES string of the molecule is CCNC(=NCCc1cccc2cccnc12)NCCc1ccccc1OC.I. The maximum absolute atomic E-state index is 5.42. The molecule has 0 bridgehead atoms. The topological polar surface area (TPSA) is 58.5 Å². The summed E-state index contributed by atoms with van der Waals surface area (Å²) >= 11 is 0. The summed E-state index contributed by atoms with van der Waals surface area (Å²) in [6.07, 6.45) is 3.58. The Bertz CT molecular complexity index is 924. The number of hydrogen-bond donors (Lipinski definition) is 2. The van der Waals surface area contributed by atoms with Crippen LogP contribution in [-0.2, 0) is 12.8 Å². The Morgan fingerprint density at radius 3 is 2.59 bits per heavy atom. The number of guanidine groups is 1. The van der Waals surface area contributed by atoms with Gasteiger partial charge in [0.05, 0.1) is 12.6 Å². The highest BCUT2D eigenvalue weighted by atomic mass is 127. The number of nitrogens with zero attached hydrogens (tertiary/aromatic N) is 2. The summed E-state index contributed by atoms with van der Waals surface area (Å²) in [5.41, 5.74) is 3.48. The first-order valence-corrected chi connectivity index (χ1v) is 9.78. The molecule has 3 aromatic rings. The summed E-state index contributed by atoms with van der Waals surface area (Å²) < 4.78 is 5.42. The van der Waals surface area contributed by atoms with E-state index in [9.17, 15) is 0 Å². The molecule has 0 amide bonds. The maximum Gasteiger partial charge on any atom is 0.191 e. The van der Waals surface area contributed by atoms with Crippen LogP contribution in [0.15, 0.2) is 65.8 Å². The zero-order valence-electron chi connectivity index (χ0n) is 17.0. The first-order chi connectivity index (χ1) is 13.8. The standard InChI is InChI=1S/C23H28N4O.HI/c1-3-24-23(26-16-13-18-8-4-5-12-21(18)28-2)27-17-14-20-10-6-9-19-11-7-15-25-22(19)20;/h4-12,15H,3,13-14,16-17H2,1-2H3,(H2,24,26,27);1H. The fourth-order valence-corrected chi connectivity index (χ4v) is 3.22. The molecule has 0 aliphatic rings. The smallest absolute Gasteiger partial charge is 0.191 e. The molecule has 1 aromatic heterocycles. The predicted molar refractivity (Wildman–Crippen MR) is 132 cm³/mol. The number of halogens is 1. The third-order valence-corrected chi connectivity index (χ3v) is 4.59. The normalized spacial score (nSPS) is 11.0. The maximum atomic E-state index is 5.42. The summed E-state index contributed by atoms with van der Waals surface area (Å²) in [6, 6.07) is 18.5. The molecule has 2 N–H and O–H groups in total. The molecular formula is C23H29IN4O. The van der Waals surface area contributed by atoms with Gasteiger partial charge >= 0.3 is 0 Å². The van der Waals surface area contributed by atoms with Crippen LogP contribution >= 0.6 is 24.0 Å². The van der Waals surface area contributed by atoms with Crippen molar-refractivity contribution in [2.45, 2.75) is 19.8 Å². The van der Waals surface area contributed by atoms with E-state index in [2.05, 4.69) is 52.9 Å². The van der Waals surface area contributed by atoms with Gasteiger partial charge in [-0.15, -0.1) is 24.0 Å². The first kappa shape index (κ1) is 22.9. The van der Waals surface area contributed by atoms with Crippen LogP contribution in [-0.4, -0.2) is 37.7 Å². The van der Waals surface area contributed by atoms with Gasteiger partial charge in [0.2, 0.25) is 0 Å². The van der Waals surface area contributed by atoms with Crippen LogP contribution in [0, 0.1) is 0 Å². The molecule has 0 atom stereocenters. The molecule has 1 heterocycles. The van der Waals surface area contributed by atoms with Gasteiger partial charge in [-0.1, -0.05) is 42.5 Å². The molecule has 0 saturated carbocycles. The molecule has 5 nitrogen and oxygen atoms in total. The number of aromatic nitrogens is 1. The molecule has 3 rings (SSSR count). The number of aliphatic imine (C=N–C) groups is 1. The number of ether oxygens (including phenoxy) is 1. The Balaban J connectivity index is 0.00000300. The molecular weight excluding hydrogens is 475 g/mol. The fourth-order valence-electron chi connectivity index (χ4n) is 3.22. The lowest BCUT2D eigenvalue weighted by Crippen LogP contribution is -2.38. The lowest BCUT2D eigenvalue weighted by atomic mass is 10.1. The monoisotopic (exact) mass is 504 g/mol. The van der Waals surface area contributed by atoms with E-state index in [0.29, 0.717) is 6.54 Å². The average Bonchev–Trinajstić information content (AvgIpc) is 2.74. The van der Waals surface area contributed by atoms with Crippen LogP contribution in [0.2, 0.25) is 0 Å². The molecule has 2 aromatic carbocycles. The number of pyridine rings is 1. The second-order valence-corrected chi connectivity index (χ2v) is 6.49. The summed E-state index contributed by atoms with van der Waals surface area (Å²) in [6.45, 7) is 4.41. The zero-order valence-corrected chi connectivity index (χ0v) is 19.4. The molecule has 154 valence electrons. The lowest BCUT2D eigenvalue weighted by molar-refractivity contribution is 0.409. The summed E-state index contributed by atoms with van der Waals surface area (Å²) in [5.74, 6) is 1.76. The van der Waals surface area contributed by atoms with Gasteiger partial charge in [-0.3, -0.25) is 9.98 Å². The van der Waals surface area contributed by atoms with Crippen LogP contribution in [0.4, 0.5) is 0 Å². The summed E-state index contributed by atoms with van der Waals surface area (Å²) in [7, 11) is 1.71. The van der Waals surface area contributed by atoms with E-state index in [0.717, 1.165) is 43.2 Å². The van der Waals surface area contributed by atoms with Crippen molar-refractivity contribution in [3.63, 3.8) is 0 Å². The minimum Gasteiger partial charge on any atom is -0.496 e. The van der Waals surface area contributed by atoms with Crippen LogP contribution in [0.25, 0.3) is 10.9 Å². The molecule has 0 aliphatic heterocycles. The van der Waals surface area contributed by atoms with Crippen molar-refractivity contribution in [1.29, 1.82) is 0 Å². The highest BCUT2D eigenvalue weighted by Crippen LogP contribution is 2.17. The Kier molecular flexibility index (Phi) is 9.70. The minimum atomic E-state index is 0. The molecule has 29 heavy (non-hydrogen) atoms. The quantitative estimate of drug-likeness (QED) is 0.274. The largest absolute Gasteiger partial charge is 0.496 e. The molecule has 0 aliphatic carbocycles. The predicted octanol–water partition coefficient (Wildman–Crippen LogP) is 4.20. The Hall–Kier alpha value is -2.35. The van der Waals surface area contributed by atoms with Gasteiger partial charge in [0.1, 0.15) is 5.75 Å². The summed E-state index contributed by atoms with van der Waals surface area (Å²) in [4.78, 5) is 9.25. The van der Waals surface area contributed by atoms with Crippen molar-refractivity contribution in [2.75, 3.05) is 26.7 Å². The Morgan fingerprint density at radius 2 is 1.76 bits per heavy atom. The van der Waals surface area contributed by atoms with Crippen molar-refractivity contribution < 1.29 is 4.74 Å². The van der Waals surface area contributed by atoms with Crippen molar-refractivity contribution in [2.24, 2.45) is 4.99 Å². The van der Waals surface area contributed by atoms with Crippen molar-refractivity contribution in [3.05, 3.63) is 71.9 Å². The van der Waals surface area contributed by atoms with E-state index in [-0.39, 0.29) is 24.0 Å². The number of para-hydroxylation sites is 2. The average molecular weight is 504 g/mol. The molecule has 0 spiro atoms. The van der Waals surface area contributed by atoms with Gasteiger partial charge < -0.3 is 15.4 Å². The number of fused-ring (bicyclic) bond motifs is 1. The van der Waals surface area contributed by atoms with Crippen LogP contribution < -0.4 is 15.4 Å². The van der Waals surface area contributed by atoms with Gasteiger partial charge in [0, 0.05) is 31.2 Å². The van der Waals surface area contributed by atoms with E-state index in [1.165, 1.54) is 16.5 Å². The number of hydrogen-bond acceptors (Lipinski definition) is 3. The van der Waals surface area contributed by atoms with E-state index in [4.69, 9.17) is 9.73 Å². The first-order valence-electron chi connectivity index (χ1n) is 9.78.